The summed E-state index contributed by atoms with van der Waals surface area (Å²) in [6, 6.07) is 7.63. The van der Waals surface area contributed by atoms with Crippen molar-refractivity contribution < 1.29 is 14.2 Å². The second kappa shape index (κ2) is 5.72. The molecule has 0 saturated carbocycles. The van der Waals surface area contributed by atoms with Crippen molar-refractivity contribution in [2.75, 3.05) is 33.4 Å². The zero-order valence-electron chi connectivity index (χ0n) is 9.44. The third-order valence-electron chi connectivity index (χ3n) is 2.50. The molecule has 0 bridgehead atoms. The fourth-order valence-electron chi connectivity index (χ4n) is 1.65. The predicted molar refractivity (Wildman–Crippen MR) is 61.1 cm³/mol. The Bertz CT molecular complexity index is 324. The first-order valence-corrected chi connectivity index (χ1v) is 5.48. The highest BCUT2D eigenvalue weighted by molar-refractivity contribution is 5.39. The van der Waals surface area contributed by atoms with Gasteiger partial charge in [-0.3, -0.25) is 0 Å². The van der Waals surface area contributed by atoms with E-state index >= 15 is 0 Å². The summed E-state index contributed by atoms with van der Waals surface area (Å²) >= 11 is 0. The molecule has 1 saturated heterocycles. The van der Waals surface area contributed by atoms with Gasteiger partial charge in [-0.1, -0.05) is 12.1 Å². The SMILES string of the molecule is COc1ccccc1OC[C@@H]1CNCCO1. The van der Waals surface area contributed by atoms with Gasteiger partial charge < -0.3 is 19.5 Å². The van der Waals surface area contributed by atoms with E-state index in [2.05, 4.69) is 5.32 Å². The summed E-state index contributed by atoms with van der Waals surface area (Å²) in [6.07, 6.45) is 0.124. The second-order valence-corrected chi connectivity index (χ2v) is 3.66. The lowest BCUT2D eigenvalue weighted by atomic mass is 10.3. The number of methoxy groups -OCH3 is 1. The Balaban J connectivity index is 1.88. The summed E-state index contributed by atoms with van der Waals surface area (Å²) in [7, 11) is 1.64. The normalized spacial score (nSPS) is 20.4. The molecule has 4 heteroatoms. The number of ether oxygens (including phenoxy) is 3. The smallest absolute Gasteiger partial charge is 0.161 e. The minimum atomic E-state index is 0.124. The highest BCUT2D eigenvalue weighted by Gasteiger charge is 2.14. The Hall–Kier alpha value is -1.26. The molecule has 1 aliphatic heterocycles. The van der Waals surface area contributed by atoms with Gasteiger partial charge >= 0.3 is 0 Å². The van der Waals surface area contributed by atoms with Crippen molar-refractivity contribution in [2.24, 2.45) is 0 Å². The van der Waals surface area contributed by atoms with Crippen LogP contribution in [0.4, 0.5) is 0 Å². The maximum Gasteiger partial charge on any atom is 0.161 e. The van der Waals surface area contributed by atoms with Crippen LogP contribution < -0.4 is 14.8 Å². The molecule has 0 aromatic heterocycles. The maximum atomic E-state index is 5.68. The highest BCUT2D eigenvalue weighted by atomic mass is 16.5. The van der Waals surface area contributed by atoms with Crippen molar-refractivity contribution in [2.45, 2.75) is 6.10 Å². The Morgan fingerprint density at radius 3 is 2.88 bits per heavy atom. The van der Waals surface area contributed by atoms with Crippen molar-refractivity contribution in [3.8, 4) is 11.5 Å². The van der Waals surface area contributed by atoms with Crippen molar-refractivity contribution in [1.82, 2.24) is 5.32 Å². The summed E-state index contributed by atoms with van der Waals surface area (Å²) in [5.41, 5.74) is 0. The molecule has 0 unspecified atom stereocenters. The number of nitrogens with one attached hydrogen (secondary N) is 1. The van der Waals surface area contributed by atoms with Crippen LogP contribution in [-0.2, 0) is 4.74 Å². The summed E-state index contributed by atoms with van der Waals surface area (Å²) in [5.74, 6) is 1.52. The lowest BCUT2D eigenvalue weighted by Gasteiger charge is -2.23. The van der Waals surface area contributed by atoms with Crippen LogP contribution in [0.2, 0.25) is 0 Å². The standard InChI is InChI=1S/C12H17NO3/c1-14-11-4-2-3-5-12(11)16-9-10-8-13-6-7-15-10/h2-5,10,13H,6-9H2,1H3/t10-/m0/s1. The van der Waals surface area contributed by atoms with Gasteiger partial charge in [-0.15, -0.1) is 0 Å². The average Bonchev–Trinajstić information content (AvgIpc) is 2.38. The van der Waals surface area contributed by atoms with Crippen molar-refractivity contribution in [1.29, 1.82) is 0 Å². The fourth-order valence-corrected chi connectivity index (χ4v) is 1.65. The van der Waals surface area contributed by atoms with E-state index in [1.165, 1.54) is 0 Å². The van der Waals surface area contributed by atoms with Crippen LogP contribution in [0.25, 0.3) is 0 Å². The lowest BCUT2D eigenvalue weighted by molar-refractivity contribution is -0.000263. The third-order valence-corrected chi connectivity index (χ3v) is 2.50. The van der Waals surface area contributed by atoms with Gasteiger partial charge in [0.2, 0.25) is 0 Å². The minimum Gasteiger partial charge on any atom is -0.493 e. The average molecular weight is 223 g/mol. The van der Waals surface area contributed by atoms with Gasteiger partial charge in [-0.25, -0.2) is 0 Å². The topological polar surface area (TPSA) is 39.7 Å². The van der Waals surface area contributed by atoms with E-state index in [4.69, 9.17) is 14.2 Å². The number of morpholine rings is 1. The van der Waals surface area contributed by atoms with Gasteiger partial charge in [0.1, 0.15) is 12.7 Å². The van der Waals surface area contributed by atoms with Crippen LogP contribution in [0.15, 0.2) is 24.3 Å². The summed E-state index contributed by atoms with van der Waals surface area (Å²) in [6.45, 7) is 3.06. The minimum absolute atomic E-state index is 0.124. The Morgan fingerprint density at radius 2 is 2.19 bits per heavy atom. The van der Waals surface area contributed by atoms with E-state index < -0.39 is 0 Å². The molecule has 2 rings (SSSR count). The Kier molecular flexibility index (Phi) is 4.02. The molecular formula is C12H17NO3. The lowest BCUT2D eigenvalue weighted by Crippen LogP contribution is -2.41. The molecule has 1 aliphatic rings. The first-order chi connectivity index (χ1) is 7.90. The predicted octanol–water partition coefficient (Wildman–Crippen LogP) is 1.06. The summed E-state index contributed by atoms with van der Waals surface area (Å²) in [4.78, 5) is 0. The van der Waals surface area contributed by atoms with Crippen molar-refractivity contribution in [3.05, 3.63) is 24.3 Å². The monoisotopic (exact) mass is 223 g/mol. The molecule has 88 valence electrons. The molecule has 16 heavy (non-hydrogen) atoms. The van der Waals surface area contributed by atoms with E-state index in [1.807, 2.05) is 24.3 Å². The Morgan fingerprint density at radius 1 is 1.38 bits per heavy atom. The zero-order chi connectivity index (χ0) is 11.2. The molecule has 0 spiro atoms. The van der Waals surface area contributed by atoms with Gasteiger partial charge in [0.15, 0.2) is 11.5 Å². The molecular weight excluding hydrogens is 206 g/mol. The number of rotatable bonds is 4. The van der Waals surface area contributed by atoms with Crippen LogP contribution in [0.5, 0.6) is 11.5 Å². The molecule has 1 fully saturated rings. The largest absolute Gasteiger partial charge is 0.493 e. The molecule has 0 amide bonds. The first-order valence-electron chi connectivity index (χ1n) is 5.48. The van der Waals surface area contributed by atoms with E-state index in [0.717, 1.165) is 31.2 Å². The van der Waals surface area contributed by atoms with Crippen molar-refractivity contribution >= 4 is 0 Å². The molecule has 4 nitrogen and oxygen atoms in total. The van der Waals surface area contributed by atoms with E-state index in [9.17, 15) is 0 Å². The number of para-hydroxylation sites is 2. The molecule has 1 atom stereocenters. The van der Waals surface area contributed by atoms with E-state index in [0.29, 0.717) is 6.61 Å². The van der Waals surface area contributed by atoms with Gasteiger partial charge in [-0.2, -0.15) is 0 Å². The van der Waals surface area contributed by atoms with Gasteiger partial charge in [0.05, 0.1) is 13.7 Å². The molecule has 0 radical (unpaired) electrons. The maximum absolute atomic E-state index is 5.68. The van der Waals surface area contributed by atoms with Gasteiger partial charge in [0.25, 0.3) is 0 Å². The van der Waals surface area contributed by atoms with Crippen LogP contribution in [-0.4, -0.2) is 39.5 Å². The molecule has 0 aliphatic carbocycles. The van der Waals surface area contributed by atoms with Crippen LogP contribution >= 0.6 is 0 Å². The van der Waals surface area contributed by atoms with Crippen molar-refractivity contribution in [3.63, 3.8) is 0 Å². The molecule has 1 heterocycles. The fraction of sp³-hybridized carbons (Fsp3) is 0.500. The van der Waals surface area contributed by atoms with Crippen LogP contribution in [0.3, 0.4) is 0 Å². The van der Waals surface area contributed by atoms with E-state index in [-0.39, 0.29) is 6.10 Å². The Labute approximate surface area is 95.5 Å². The van der Waals surface area contributed by atoms with Crippen LogP contribution in [0.1, 0.15) is 0 Å². The highest BCUT2D eigenvalue weighted by Crippen LogP contribution is 2.25. The first kappa shape index (κ1) is 11.2. The number of hydrogen-bond acceptors (Lipinski definition) is 4. The number of hydrogen-bond donors (Lipinski definition) is 1. The third kappa shape index (κ3) is 2.87. The molecule has 1 aromatic carbocycles. The molecule has 1 aromatic rings. The van der Waals surface area contributed by atoms with Crippen LogP contribution in [0, 0.1) is 0 Å². The quantitative estimate of drug-likeness (QED) is 0.828. The summed E-state index contributed by atoms with van der Waals surface area (Å²) < 4.78 is 16.4. The summed E-state index contributed by atoms with van der Waals surface area (Å²) in [5, 5.41) is 3.26. The number of benzene rings is 1. The molecule has 1 N–H and O–H groups in total. The van der Waals surface area contributed by atoms with Gasteiger partial charge in [0, 0.05) is 13.1 Å². The van der Waals surface area contributed by atoms with Gasteiger partial charge in [-0.05, 0) is 12.1 Å². The van der Waals surface area contributed by atoms with E-state index in [1.54, 1.807) is 7.11 Å². The zero-order valence-corrected chi connectivity index (χ0v) is 9.44. The second-order valence-electron chi connectivity index (χ2n) is 3.66.